The summed E-state index contributed by atoms with van der Waals surface area (Å²) in [6.45, 7) is 2.14. The van der Waals surface area contributed by atoms with Gasteiger partial charge in [0.05, 0.1) is 0 Å². The lowest BCUT2D eigenvalue weighted by Gasteiger charge is -2.07. The van der Waals surface area contributed by atoms with Gasteiger partial charge in [0.1, 0.15) is 0 Å². The molecule has 0 saturated carbocycles. The second-order valence-corrected chi connectivity index (χ2v) is 5.22. The minimum absolute atomic E-state index is 0.371. The van der Waals surface area contributed by atoms with Crippen LogP contribution in [0.15, 0.2) is 29.2 Å². The monoisotopic (exact) mass is 243 g/mol. The summed E-state index contributed by atoms with van der Waals surface area (Å²) in [7, 11) is 0. The van der Waals surface area contributed by atoms with Crippen molar-refractivity contribution in [2.24, 2.45) is 5.73 Å². The van der Waals surface area contributed by atoms with E-state index in [4.69, 9.17) is 17.3 Å². The van der Waals surface area contributed by atoms with Crippen molar-refractivity contribution in [3.63, 3.8) is 0 Å². The molecule has 0 radical (unpaired) electrons. The highest BCUT2D eigenvalue weighted by molar-refractivity contribution is 7.99. The summed E-state index contributed by atoms with van der Waals surface area (Å²) < 4.78 is 0. The Morgan fingerprint density at radius 1 is 1.33 bits per heavy atom. The molecule has 0 aliphatic carbocycles. The molecule has 0 aliphatic heterocycles. The minimum Gasteiger partial charge on any atom is -0.328 e. The van der Waals surface area contributed by atoms with Gasteiger partial charge >= 0.3 is 0 Å². The van der Waals surface area contributed by atoms with Gasteiger partial charge in [0.15, 0.2) is 0 Å². The van der Waals surface area contributed by atoms with Crippen LogP contribution in [0.5, 0.6) is 0 Å². The van der Waals surface area contributed by atoms with Crippen LogP contribution in [-0.4, -0.2) is 11.8 Å². The first-order valence-electron chi connectivity index (χ1n) is 5.36. The van der Waals surface area contributed by atoms with Crippen molar-refractivity contribution in [2.75, 3.05) is 5.75 Å². The van der Waals surface area contributed by atoms with Crippen LogP contribution in [0, 0.1) is 0 Å². The third kappa shape index (κ3) is 5.45. The van der Waals surface area contributed by atoms with Crippen molar-refractivity contribution < 1.29 is 0 Å². The van der Waals surface area contributed by atoms with Crippen molar-refractivity contribution in [1.82, 2.24) is 0 Å². The van der Waals surface area contributed by atoms with E-state index in [2.05, 4.69) is 19.1 Å². The molecule has 0 amide bonds. The van der Waals surface area contributed by atoms with E-state index in [1.165, 1.54) is 11.3 Å². The average Bonchev–Trinajstić information content (AvgIpc) is 2.26. The fraction of sp³-hybridized carbons (Fsp3) is 0.500. The molecule has 3 heteroatoms. The smallest absolute Gasteiger partial charge is 0.0406 e. The standard InChI is InChI=1S/C12H18ClNS/c1-2-11(14)4-3-9-15-12-7-5-10(13)6-8-12/h5-8,11H,2-4,9,14H2,1H3. The van der Waals surface area contributed by atoms with Gasteiger partial charge in [-0.1, -0.05) is 18.5 Å². The van der Waals surface area contributed by atoms with Gasteiger partial charge in [0.25, 0.3) is 0 Å². The highest BCUT2D eigenvalue weighted by atomic mass is 35.5. The Balaban J connectivity index is 2.17. The number of halogens is 1. The van der Waals surface area contributed by atoms with E-state index < -0.39 is 0 Å². The molecule has 1 nitrogen and oxygen atoms in total. The topological polar surface area (TPSA) is 26.0 Å². The fourth-order valence-corrected chi connectivity index (χ4v) is 2.27. The first-order chi connectivity index (χ1) is 7.22. The third-order valence-electron chi connectivity index (χ3n) is 2.33. The van der Waals surface area contributed by atoms with E-state index in [1.54, 1.807) is 0 Å². The molecule has 0 spiro atoms. The molecule has 0 aromatic heterocycles. The van der Waals surface area contributed by atoms with E-state index in [0.29, 0.717) is 6.04 Å². The summed E-state index contributed by atoms with van der Waals surface area (Å²) in [6.07, 6.45) is 3.38. The van der Waals surface area contributed by atoms with E-state index in [1.807, 2.05) is 23.9 Å². The second kappa shape index (κ2) is 7.15. The van der Waals surface area contributed by atoms with Crippen molar-refractivity contribution in [3.8, 4) is 0 Å². The Hall–Kier alpha value is -0.180. The van der Waals surface area contributed by atoms with E-state index in [0.717, 1.165) is 23.6 Å². The van der Waals surface area contributed by atoms with Gasteiger partial charge in [-0.3, -0.25) is 0 Å². The zero-order valence-corrected chi connectivity index (χ0v) is 10.7. The Bertz CT molecular complexity index is 273. The van der Waals surface area contributed by atoms with Crippen molar-refractivity contribution in [2.45, 2.75) is 37.1 Å². The predicted octanol–water partition coefficient (Wildman–Crippen LogP) is 3.95. The highest BCUT2D eigenvalue weighted by Gasteiger charge is 1.99. The quantitative estimate of drug-likeness (QED) is 0.605. The van der Waals surface area contributed by atoms with Gasteiger partial charge in [-0.2, -0.15) is 0 Å². The molecule has 0 saturated heterocycles. The molecule has 15 heavy (non-hydrogen) atoms. The number of hydrogen-bond donors (Lipinski definition) is 1. The normalized spacial score (nSPS) is 12.7. The van der Waals surface area contributed by atoms with Gasteiger partial charge < -0.3 is 5.73 Å². The summed E-state index contributed by atoms with van der Waals surface area (Å²) in [6, 6.07) is 8.36. The predicted molar refractivity (Wildman–Crippen MR) is 69.7 cm³/mol. The lowest BCUT2D eigenvalue weighted by molar-refractivity contribution is 0.589. The summed E-state index contributed by atoms with van der Waals surface area (Å²) in [5.74, 6) is 1.13. The SMILES string of the molecule is CCC(N)CCCSc1ccc(Cl)cc1. The maximum Gasteiger partial charge on any atom is 0.0406 e. The molecular weight excluding hydrogens is 226 g/mol. The number of benzene rings is 1. The van der Waals surface area contributed by atoms with Gasteiger partial charge in [-0.15, -0.1) is 11.8 Å². The van der Waals surface area contributed by atoms with Crippen molar-refractivity contribution in [3.05, 3.63) is 29.3 Å². The second-order valence-electron chi connectivity index (χ2n) is 3.61. The lowest BCUT2D eigenvalue weighted by atomic mass is 10.1. The molecule has 84 valence electrons. The maximum absolute atomic E-state index is 5.85. The lowest BCUT2D eigenvalue weighted by Crippen LogP contribution is -2.18. The van der Waals surface area contributed by atoms with Crippen LogP contribution in [0.4, 0.5) is 0 Å². The number of hydrogen-bond acceptors (Lipinski definition) is 2. The molecular formula is C12H18ClNS. The van der Waals surface area contributed by atoms with Crippen LogP contribution >= 0.6 is 23.4 Å². The first-order valence-corrected chi connectivity index (χ1v) is 6.72. The Morgan fingerprint density at radius 2 is 2.00 bits per heavy atom. The van der Waals surface area contributed by atoms with Crippen LogP contribution in [0.3, 0.4) is 0 Å². The molecule has 0 fully saturated rings. The van der Waals surface area contributed by atoms with Crippen LogP contribution < -0.4 is 5.73 Å². The van der Waals surface area contributed by atoms with Crippen LogP contribution in [0.25, 0.3) is 0 Å². The van der Waals surface area contributed by atoms with Gasteiger partial charge in [0.2, 0.25) is 0 Å². The fourth-order valence-electron chi connectivity index (χ4n) is 1.27. The summed E-state index contributed by atoms with van der Waals surface area (Å²) >= 11 is 7.67. The molecule has 1 aromatic carbocycles. The third-order valence-corrected chi connectivity index (χ3v) is 3.68. The number of nitrogens with two attached hydrogens (primary N) is 1. The van der Waals surface area contributed by atoms with Gasteiger partial charge in [0, 0.05) is 16.0 Å². The van der Waals surface area contributed by atoms with E-state index >= 15 is 0 Å². The van der Waals surface area contributed by atoms with E-state index in [-0.39, 0.29) is 0 Å². The number of thioether (sulfide) groups is 1. The zero-order valence-electron chi connectivity index (χ0n) is 9.08. The first kappa shape index (κ1) is 12.9. The highest BCUT2D eigenvalue weighted by Crippen LogP contribution is 2.21. The minimum atomic E-state index is 0.371. The van der Waals surface area contributed by atoms with Crippen molar-refractivity contribution >= 4 is 23.4 Å². The molecule has 1 atom stereocenters. The maximum atomic E-state index is 5.85. The number of rotatable bonds is 6. The largest absolute Gasteiger partial charge is 0.328 e. The molecule has 1 aromatic rings. The summed E-state index contributed by atoms with van der Waals surface area (Å²) in [5, 5.41) is 0.798. The van der Waals surface area contributed by atoms with Gasteiger partial charge in [-0.05, 0) is 49.3 Å². The van der Waals surface area contributed by atoms with Crippen LogP contribution in [0.1, 0.15) is 26.2 Å². The van der Waals surface area contributed by atoms with Crippen molar-refractivity contribution in [1.29, 1.82) is 0 Å². The molecule has 0 bridgehead atoms. The average molecular weight is 244 g/mol. The Labute approximate surface area is 101 Å². The molecule has 0 heterocycles. The Morgan fingerprint density at radius 3 is 2.60 bits per heavy atom. The molecule has 0 aliphatic rings. The van der Waals surface area contributed by atoms with Gasteiger partial charge in [-0.25, -0.2) is 0 Å². The van der Waals surface area contributed by atoms with E-state index in [9.17, 15) is 0 Å². The summed E-state index contributed by atoms with van der Waals surface area (Å²) in [4.78, 5) is 1.28. The molecule has 1 rings (SSSR count). The zero-order chi connectivity index (χ0) is 11.1. The molecule has 2 N–H and O–H groups in total. The Kier molecular flexibility index (Phi) is 6.15. The van der Waals surface area contributed by atoms with Crippen LogP contribution in [-0.2, 0) is 0 Å². The summed E-state index contributed by atoms with van der Waals surface area (Å²) in [5.41, 5.74) is 5.85. The molecule has 1 unspecified atom stereocenters. The van der Waals surface area contributed by atoms with Crippen LogP contribution in [0.2, 0.25) is 5.02 Å².